The highest BCUT2D eigenvalue weighted by Gasteiger charge is 1.76. The fourth-order valence-corrected chi connectivity index (χ4v) is 1.13. The Morgan fingerprint density at radius 1 is 1.50 bits per heavy atom. The van der Waals surface area contributed by atoms with Crippen molar-refractivity contribution in [2.24, 2.45) is 0 Å². The lowest BCUT2D eigenvalue weighted by atomic mass is 10.9. The van der Waals surface area contributed by atoms with Crippen LogP contribution < -0.4 is 6.15 Å². The summed E-state index contributed by atoms with van der Waals surface area (Å²) in [5, 5.41) is 0. The first-order chi connectivity index (χ1) is 2.91. The summed E-state index contributed by atoms with van der Waals surface area (Å²) in [6.45, 7) is 2.19. The van der Waals surface area contributed by atoms with Gasteiger partial charge in [-0.05, 0) is 12.3 Å². The Morgan fingerprint density at radius 3 is 2.12 bits per heavy atom. The zero-order chi connectivity index (χ0) is 4.83. The Kier molecular flexibility index (Phi) is 31.6. The van der Waals surface area contributed by atoms with E-state index in [1.807, 2.05) is 0 Å². The minimum absolute atomic E-state index is 0. The molecule has 54 valence electrons. The van der Waals surface area contributed by atoms with Crippen LogP contribution in [0.1, 0.15) is 6.92 Å². The molecule has 0 spiro atoms. The van der Waals surface area contributed by atoms with E-state index < -0.39 is 0 Å². The lowest BCUT2D eigenvalue weighted by molar-refractivity contribution is 1.45. The van der Waals surface area contributed by atoms with Crippen LogP contribution in [-0.2, 0) is 0 Å². The van der Waals surface area contributed by atoms with E-state index in [0.717, 1.165) is 14.5 Å². The Morgan fingerprint density at radius 2 is 2.00 bits per heavy atom. The topological polar surface area (TPSA) is 35.0 Å². The molecule has 0 aliphatic carbocycles. The normalized spacial score (nSPS) is 8.25. The molecule has 0 heterocycles. The average molecular weight is 222 g/mol. The van der Waals surface area contributed by atoms with Gasteiger partial charge in [0.15, 0.2) is 0 Å². The summed E-state index contributed by atoms with van der Waals surface area (Å²) in [6.07, 6.45) is 2.50. The highest BCUT2D eigenvalue weighted by atomic mass is 79.9. The molecule has 8 heavy (non-hydrogen) atoms. The van der Waals surface area contributed by atoms with Gasteiger partial charge in [0.05, 0.1) is 0 Å². The second-order valence-electron chi connectivity index (χ2n) is 1.04. The predicted octanol–water partition coefficient (Wildman–Crippen LogP) is 2.66. The second-order valence-corrected chi connectivity index (χ2v) is 3.13. The highest BCUT2D eigenvalue weighted by molar-refractivity contribution is 8.93. The molecule has 0 aliphatic heterocycles. The van der Waals surface area contributed by atoms with Crippen molar-refractivity contribution in [3.8, 4) is 0 Å². The first-order valence-electron chi connectivity index (χ1n) is 2.18. The van der Waals surface area contributed by atoms with Gasteiger partial charge in [0.25, 0.3) is 0 Å². The molecule has 3 N–H and O–H groups in total. The molecule has 4 heteroatoms. The molecule has 1 nitrogen and oxygen atoms in total. The second kappa shape index (κ2) is 15.7. The fourth-order valence-electron chi connectivity index (χ4n) is 0.244. The molecule has 0 radical (unpaired) electrons. The van der Waals surface area contributed by atoms with Crippen molar-refractivity contribution in [3.63, 3.8) is 0 Å². The number of halogens is 2. The van der Waals surface area contributed by atoms with Crippen LogP contribution in [0.15, 0.2) is 0 Å². The van der Waals surface area contributed by atoms with Crippen LogP contribution in [-0.4, -0.2) is 18.2 Å². The minimum atomic E-state index is 0. The number of hydrogen-bond donors (Lipinski definition) is 1. The molecule has 1 atom stereocenters. The third kappa shape index (κ3) is 15.7. The molecular weight excluding hydrogens is 208 g/mol. The first kappa shape index (κ1) is 16.1. The molecule has 0 aromatic rings. The molecular formula is C4H14BrClNP. The van der Waals surface area contributed by atoms with Crippen molar-refractivity contribution >= 4 is 37.2 Å². The van der Waals surface area contributed by atoms with E-state index in [4.69, 9.17) is 11.6 Å². The van der Waals surface area contributed by atoms with Crippen molar-refractivity contribution in [2.45, 2.75) is 6.92 Å². The van der Waals surface area contributed by atoms with Gasteiger partial charge in [-0.2, -0.15) is 0 Å². The van der Waals surface area contributed by atoms with E-state index in [2.05, 4.69) is 6.92 Å². The molecule has 0 bridgehead atoms. The van der Waals surface area contributed by atoms with E-state index in [1.54, 1.807) is 0 Å². The van der Waals surface area contributed by atoms with Crippen LogP contribution in [0.25, 0.3) is 0 Å². The summed E-state index contributed by atoms with van der Waals surface area (Å²) < 4.78 is 0. The van der Waals surface area contributed by atoms with E-state index in [1.165, 1.54) is 12.3 Å². The van der Waals surface area contributed by atoms with Gasteiger partial charge in [0.1, 0.15) is 0 Å². The monoisotopic (exact) mass is 221 g/mol. The summed E-state index contributed by atoms with van der Waals surface area (Å²) in [5.41, 5.74) is 0. The van der Waals surface area contributed by atoms with Gasteiger partial charge < -0.3 is 6.15 Å². The van der Waals surface area contributed by atoms with Crippen molar-refractivity contribution in [3.05, 3.63) is 0 Å². The van der Waals surface area contributed by atoms with E-state index in [9.17, 15) is 0 Å². The van der Waals surface area contributed by atoms with E-state index in [0.29, 0.717) is 0 Å². The minimum Gasteiger partial charge on any atom is -0.344 e. The van der Waals surface area contributed by atoms with Crippen LogP contribution >= 0.6 is 37.2 Å². The van der Waals surface area contributed by atoms with Crippen LogP contribution in [0.4, 0.5) is 0 Å². The Labute approximate surface area is 68.7 Å². The van der Waals surface area contributed by atoms with Crippen molar-refractivity contribution in [1.82, 2.24) is 6.15 Å². The molecule has 1 unspecified atom stereocenters. The van der Waals surface area contributed by atoms with Crippen LogP contribution in [0.2, 0.25) is 0 Å². The Hall–Kier alpha value is 1.16. The maximum Gasteiger partial charge on any atom is 0.0260 e. The highest BCUT2D eigenvalue weighted by Crippen LogP contribution is 2.06. The predicted molar refractivity (Wildman–Crippen MR) is 49.8 cm³/mol. The molecule has 0 aromatic carbocycles. The third-order valence-electron chi connectivity index (χ3n) is 0.521. The van der Waals surface area contributed by atoms with Gasteiger partial charge in [0, 0.05) is 5.88 Å². The number of rotatable bonds is 3. The first-order valence-corrected chi connectivity index (χ1v) is 4.13. The lowest BCUT2D eigenvalue weighted by Gasteiger charge is -1.85. The summed E-state index contributed by atoms with van der Waals surface area (Å²) in [7, 11) is 1.08. The van der Waals surface area contributed by atoms with Gasteiger partial charge in [-0.25, -0.2) is 0 Å². The van der Waals surface area contributed by atoms with Crippen molar-refractivity contribution < 1.29 is 0 Å². The Bertz CT molecular complexity index is 28.0. The maximum atomic E-state index is 5.39. The summed E-state index contributed by atoms with van der Waals surface area (Å²) in [6, 6.07) is 0. The summed E-state index contributed by atoms with van der Waals surface area (Å²) >= 11 is 5.39. The van der Waals surface area contributed by atoms with Crippen molar-refractivity contribution in [1.29, 1.82) is 0 Å². The van der Waals surface area contributed by atoms with Gasteiger partial charge >= 0.3 is 0 Å². The van der Waals surface area contributed by atoms with Crippen LogP contribution in [0.5, 0.6) is 0 Å². The number of alkyl halides is 1. The largest absolute Gasteiger partial charge is 0.344 e. The number of hydrogen-bond acceptors (Lipinski definition) is 1. The Balaban J connectivity index is -0.000000125. The van der Waals surface area contributed by atoms with Crippen LogP contribution in [0.3, 0.4) is 0 Å². The zero-order valence-corrected chi connectivity index (χ0v) is 8.58. The SMILES string of the molecule is Br.CCPCCCl.N. The summed E-state index contributed by atoms with van der Waals surface area (Å²) in [4.78, 5) is 0. The van der Waals surface area contributed by atoms with Crippen LogP contribution in [0, 0.1) is 0 Å². The van der Waals surface area contributed by atoms with E-state index >= 15 is 0 Å². The maximum absolute atomic E-state index is 5.39. The average Bonchev–Trinajstić information content (AvgIpc) is 1.61. The summed E-state index contributed by atoms with van der Waals surface area (Å²) in [5.74, 6) is 0.840. The lowest BCUT2D eigenvalue weighted by Crippen LogP contribution is -1.73. The quantitative estimate of drug-likeness (QED) is 0.445. The smallest absolute Gasteiger partial charge is 0.0260 e. The standard InChI is InChI=1S/C4H10ClP.BrH.H3N/c1-2-6-4-3-5;;/h6H,2-4H2,1H3;1H;1H3. The van der Waals surface area contributed by atoms with Gasteiger partial charge in [-0.3, -0.25) is 0 Å². The van der Waals surface area contributed by atoms with E-state index in [-0.39, 0.29) is 23.1 Å². The van der Waals surface area contributed by atoms with Gasteiger partial charge in [0.2, 0.25) is 0 Å². The zero-order valence-electron chi connectivity index (χ0n) is 5.11. The fraction of sp³-hybridized carbons (Fsp3) is 1.00. The molecule has 0 aromatic heterocycles. The molecule has 0 saturated heterocycles. The van der Waals surface area contributed by atoms with Crippen molar-refractivity contribution in [2.75, 3.05) is 18.2 Å². The molecule has 0 rings (SSSR count). The molecule has 0 fully saturated rings. The van der Waals surface area contributed by atoms with Gasteiger partial charge in [-0.1, -0.05) is 6.92 Å². The molecule has 0 amide bonds. The molecule has 0 saturated carbocycles. The third-order valence-corrected chi connectivity index (χ3v) is 2.13. The van der Waals surface area contributed by atoms with Gasteiger partial charge in [-0.15, -0.1) is 37.2 Å². The molecule has 0 aliphatic rings.